The minimum Gasteiger partial charge on any atom is -0.393 e. The zero-order valence-corrected chi connectivity index (χ0v) is 12.2. The number of amides is 1. The van der Waals surface area contributed by atoms with Gasteiger partial charge in [-0.15, -0.1) is 11.8 Å². The van der Waals surface area contributed by atoms with Gasteiger partial charge < -0.3 is 10.4 Å². The van der Waals surface area contributed by atoms with Crippen LogP contribution in [0.15, 0.2) is 29.2 Å². The first-order valence-electron chi connectivity index (χ1n) is 6.46. The molecule has 0 bridgehead atoms. The molecule has 1 saturated carbocycles. The molecule has 1 aromatic carbocycles. The molecule has 5 heteroatoms. The summed E-state index contributed by atoms with van der Waals surface area (Å²) in [6.07, 6.45) is 2.00. The highest BCUT2D eigenvalue weighted by Crippen LogP contribution is 2.26. The molecule has 3 nitrogen and oxygen atoms in total. The van der Waals surface area contributed by atoms with Gasteiger partial charge in [-0.25, -0.2) is 0 Å². The van der Waals surface area contributed by atoms with E-state index in [1.54, 1.807) is 11.8 Å². The average Bonchev–Trinajstić information content (AvgIpc) is 2.36. The summed E-state index contributed by atoms with van der Waals surface area (Å²) in [6.45, 7) is 0.696. The number of hydrogen-bond donors (Lipinski definition) is 2. The fraction of sp³-hybridized carbons (Fsp3) is 0.500. The highest BCUT2D eigenvalue weighted by Gasteiger charge is 2.26. The lowest BCUT2D eigenvalue weighted by Crippen LogP contribution is -2.38. The van der Waals surface area contributed by atoms with Crippen molar-refractivity contribution in [2.75, 3.05) is 12.3 Å². The smallest absolute Gasteiger partial charge is 0.220 e. The standard InChI is InChI=1S/C14H18ClNO2S/c15-11-1-3-13(4-2-11)19-6-5-14(18)16-9-10-7-12(17)8-10/h1-4,10,12,17H,5-9H2,(H,16,18). The van der Waals surface area contributed by atoms with Crippen molar-refractivity contribution in [1.29, 1.82) is 0 Å². The summed E-state index contributed by atoms with van der Waals surface area (Å²) in [5, 5.41) is 12.8. The van der Waals surface area contributed by atoms with Crippen molar-refractivity contribution in [1.82, 2.24) is 5.32 Å². The van der Waals surface area contributed by atoms with Crippen LogP contribution >= 0.6 is 23.4 Å². The summed E-state index contributed by atoms with van der Waals surface area (Å²) >= 11 is 7.46. The Kier molecular flexibility index (Phi) is 5.55. The van der Waals surface area contributed by atoms with Crippen molar-refractivity contribution in [3.63, 3.8) is 0 Å². The van der Waals surface area contributed by atoms with E-state index >= 15 is 0 Å². The van der Waals surface area contributed by atoms with Crippen molar-refractivity contribution < 1.29 is 9.90 Å². The highest BCUT2D eigenvalue weighted by molar-refractivity contribution is 7.99. The second-order valence-corrected chi connectivity index (χ2v) is 6.45. The molecule has 0 spiro atoms. The summed E-state index contributed by atoms with van der Waals surface area (Å²) in [7, 11) is 0. The maximum absolute atomic E-state index is 11.6. The van der Waals surface area contributed by atoms with Crippen molar-refractivity contribution >= 4 is 29.3 Å². The Morgan fingerprint density at radius 3 is 2.68 bits per heavy atom. The van der Waals surface area contributed by atoms with Gasteiger partial charge in [0.1, 0.15) is 0 Å². The van der Waals surface area contributed by atoms with E-state index in [1.807, 2.05) is 24.3 Å². The molecule has 2 N–H and O–H groups in total. The quantitative estimate of drug-likeness (QED) is 0.794. The van der Waals surface area contributed by atoms with Gasteiger partial charge in [0.25, 0.3) is 0 Å². The maximum Gasteiger partial charge on any atom is 0.220 e. The summed E-state index contributed by atoms with van der Waals surface area (Å²) < 4.78 is 0. The number of aliphatic hydroxyl groups excluding tert-OH is 1. The van der Waals surface area contributed by atoms with Crippen LogP contribution in [0.2, 0.25) is 5.02 Å². The lowest BCUT2D eigenvalue weighted by atomic mass is 9.82. The SMILES string of the molecule is O=C(CCSc1ccc(Cl)cc1)NCC1CC(O)C1. The van der Waals surface area contributed by atoms with E-state index in [9.17, 15) is 4.79 Å². The topological polar surface area (TPSA) is 49.3 Å². The van der Waals surface area contributed by atoms with Gasteiger partial charge in [0.05, 0.1) is 6.10 Å². The number of carbonyl (C=O) groups excluding carboxylic acids is 1. The predicted octanol–water partition coefficient (Wildman–Crippen LogP) is 2.71. The van der Waals surface area contributed by atoms with Gasteiger partial charge in [0.15, 0.2) is 0 Å². The van der Waals surface area contributed by atoms with Gasteiger partial charge in [-0.05, 0) is 43.0 Å². The van der Waals surface area contributed by atoms with E-state index < -0.39 is 0 Å². The third-order valence-electron chi connectivity index (χ3n) is 3.21. The number of hydrogen-bond acceptors (Lipinski definition) is 3. The molecule has 0 aliphatic heterocycles. The molecule has 1 aromatic rings. The van der Waals surface area contributed by atoms with Gasteiger partial charge in [0.2, 0.25) is 5.91 Å². The number of rotatable bonds is 6. The largest absolute Gasteiger partial charge is 0.393 e. The number of aliphatic hydroxyl groups is 1. The zero-order valence-electron chi connectivity index (χ0n) is 10.6. The van der Waals surface area contributed by atoms with E-state index in [2.05, 4.69) is 5.32 Å². The van der Waals surface area contributed by atoms with Gasteiger partial charge in [-0.2, -0.15) is 0 Å². The number of thioether (sulfide) groups is 1. The Hall–Kier alpha value is -0.710. The van der Waals surface area contributed by atoms with Crippen molar-refractivity contribution in [3.8, 4) is 0 Å². The Morgan fingerprint density at radius 1 is 1.37 bits per heavy atom. The first-order chi connectivity index (χ1) is 9.13. The molecule has 1 aliphatic rings. The van der Waals surface area contributed by atoms with E-state index in [4.69, 9.17) is 16.7 Å². The first kappa shape index (κ1) is 14.7. The zero-order chi connectivity index (χ0) is 13.7. The summed E-state index contributed by atoms with van der Waals surface area (Å²) in [5.41, 5.74) is 0. The number of carbonyl (C=O) groups is 1. The van der Waals surface area contributed by atoms with Gasteiger partial charge in [-0.3, -0.25) is 4.79 Å². The third-order valence-corrected chi connectivity index (χ3v) is 4.48. The van der Waals surface area contributed by atoms with Crippen LogP contribution in [0.5, 0.6) is 0 Å². The summed E-state index contributed by atoms with van der Waals surface area (Å²) in [4.78, 5) is 12.7. The van der Waals surface area contributed by atoms with E-state index in [0.717, 1.165) is 28.5 Å². The molecule has 104 valence electrons. The Bertz CT molecular complexity index is 418. The number of halogens is 1. The van der Waals surface area contributed by atoms with Gasteiger partial charge in [-0.1, -0.05) is 11.6 Å². The maximum atomic E-state index is 11.6. The van der Waals surface area contributed by atoms with E-state index in [-0.39, 0.29) is 12.0 Å². The molecule has 0 unspecified atom stereocenters. The van der Waals surface area contributed by atoms with Gasteiger partial charge >= 0.3 is 0 Å². The van der Waals surface area contributed by atoms with Crippen LogP contribution in [-0.2, 0) is 4.79 Å². The summed E-state index contributed by atoms with van der Waals surface area (Å²) in [6, 6.07) is 7.62. The minimum atomic E-state index is -0.151. The second-order valence-electron chi connectivity index (χ2n) is 4.85. The Balaban J connectivity index is 1.57. The molecule has 0 aromatic heterocycles. The molecule has 2 rings (SSSR count). The van der Waals surface area contributed by atoms with Gasteiger partial charge in [0, 0.05) is 28.6 Å². The molecule has 1 amide bonds. The molecule has 1 aliphatic carbocycles. The van der Waals surface area contributed by atoms with E-state index in [1.165, 1.54) is 0 Å². The number of nitrogens with one attached hydrogen (secondary N) is 1. The van der Waals surface area contributed by atoms with Crippen LogP contribution in [0.3, 0.4) is 0 Å². The molecule has 0 heterocycles. The monoisotopic (exact) mass is 299 g/mol. The number of benzene rings is 1. The lowest BCUT2D eigenvalue weighted by Gasteiger charge is -2.31. The predicted molar refractivity (Wildman–Crippen MR) is 78.5 cm³/mol. The molecular formula is C14H18ClNO2S. The Morgan fingerprint density at radius 2 is 2.05 bits per heavy atom. The summed E-state index contributed by atoms with van der Waals surface area (Å²) in [5.74, 6) is 1.31. The first-order valence-corrected chi connectivity index (χ1v) is 7.83. The van der Waals surface area contributed by atoms with Crippen molar-refractivity contribution in [3.05, 3.63) is 29.3 Å². The molecule has 19 heavy (non-hydrogen) atoms. The van der Waals surface area contributed by atoms with Crippen LogP contribution in [0, 0.1) is 5.92 Å². The van der Waals surface area contributed by atoms with E-state index in [0.29, 0.717) is 18.9 Å². The van der Waals surface area contributed by atoms with Crippen LogP contribution in [-0.4, -0.2) is 29.4 Å². The second kappa shape index (κ2) is 7.17. The molecule has 0 saturated heterocycles. The Labute approximate surface area is 122 Å². The highest BCUT2D eigenvalue weighted by atomic mass is 35.5. The average molecular weight is 300 g/mol. The van der Waals surface area contributed by atoms with Crippen LogP contribution in [0.25, 0.3) is 0 Å². The molecule has 0 radical (unpaired) electrons. The fourth-order valence-electron chi connectivity index (χ4n) is 2.01. The van der Waals surface area contributed by atoms with Crippen molar-refractivity contribution in [2.45, 2.75) is 30.3 Å². The van der Waals surface area contributed by atoms with Crippen molar-refractivity contribution in [2.24, 2.45) is 5.92 Å². The normalized spacial score (nSPS) is 21.8. The third kappa shape index (κ3) is 5.05. The van der Waals surface area contributed by atoms with Crippen LogP contribution in [0.4, 0.5) is 0 Å². The van der Waals surface area contributed by atoms with Crippen LogP contribution < -0.4 is 5.32 Å². The molecule has 0 atom stereocenters. The minimum absolute atomic E-state index is 0.0860. The molecule has 1 fully saturated rings. The van der Waals surface area contributed by atoms with Crippen LogP contribution in [0.1, 0.15) is 19.3 Å². The fourth-order valence-corrected chi connectivity index (χ4v) is 2.98. The lowest BCUT2D eigenvalue weighted by molar-refractivity contribution is -0.121. The molecular weight excluding hydrogens is 282 g/mol.